The maximum atomic E-state index is 13.7. The molecule has 6 aromatic rings. The largest absolute Gasteiger partial charge is 0.270 e. The summed E-state index contributed by atoms with van der Waals surface area (Å²) < 4.78 is 57.9. The minimum Gasteiger partial charge on any atom is -0.270 e. The highest BCUT2D eigenvalue weighted by atomic mass is 35.5. The van der Waals surface area contributed by atoms with E-state index in [1.165, 1.54) is 0 Å². The molecule has 0 amide bonds. The van der Waals surface area contributed by atoms with Gasteiger partial charge in [0.2, 0.25) is 19.7 Å². The standard InChI is InChI=1S/C37H36Cl2N6O4S2/c1-26-8-6-10-32(22-26)44-34(40-42-36(44)50(46,47)24-28-14-18-30(38)19-15-28)12-4-3-5-13-35-41-43-37(45(35)33-11-7-9-27(2)23-33)51(48,49)25-29-16-20-31(39)21-17-29/h6-11,14-23H,3-5,12-13,24-25H2,1-2H3. The highest BCUT2D eigenvalue weighted by molar-refractivity contribution is 7.90. The summed E-state index contributed by atoms with van der Waals surface area (Å²) in [5.41, 5.74) is 4.48. The Hall–Kier alpha value is -4.36. The Labute approximate surface area is 308 Å². The second-order valence-electron chi connectivity index (χ2n) is 12.5. The van der Waals surface area contributed by atoms with Crippen molar-refractivity contribution in [2.45, 2.75) is 67.8 Å². The molecule has 4 aromatic carbocycles. The fraction of sp³-hybridized carbons (Fsp3) is 0.243. The van der Waals surface area contributed by atoms with E-state index >= 15 is 0 Å². The van der Waals surface area contributed by atoms with Crippen LogP contribution >= 0.6 is 23.2 Å². The number of nitrogens with zero attached hydrogens (tertiary/aromatic N) is 6. The first-order valence-electron chi connectivity index (χ1n) is 16.4. The molecule has 0 aliphatic carbocycles. The molecule has 0 aliphatic rings. The summed E-state index contributed by atoms with van der Waals surface area (Å²) in [5, 5.41) is 17.9. The SMILES string of the molecule is Cc1cccc(-n2c(CCCCCc3nnc(S(=O)(=O)Cc4ccc(Cl)cc4)n3-c3cccc(C)c3)nnc2S(=O)(=O)Cc2ccc(Cl)cc2)c1. The van der Waals surface area contributed by atoms with Crippen molar-refractivity contribution < 1.29 is 16.8 Å². The molecule has 10 nitrogen and oxygen atoms in total. The van der Waals surface area contributed by atoms with Crippen LogP contribution in [0, 0.1) is 13.8 Å². The first kappa shape index (κ1) is 36.4. The Morgan fingerprint density at radius 2 is 0.922 bits per heavy atom. The van der Waals surface area contributed by atoms with Crippen molar-refractivity contribution in [1.29, 1.82) is 0 Å². The third kappa shape index (κ3) is 8.75. The molecule has 6 rings (SSSR count). The number of unbranched alkanes of at least 4 members (excludes halogenated alkanes) is 2. The molecule has 51 heavy (non-hydrogen) atoms. The number of sulfone groups is 2. The molecule has 0 unspecified atom stereocenters. The van der Waals surface area contributed by atoms with E-state index in [9.17, 15) is 16.8 Å². The topological polar surface area (TPSA) is 130 Å². The Bertz CT molecular complexity index is 2210. The Kier molecular flexibility index (Phi) is 11.1. The summed E-state index contributed by atoms with van der Waals surface area (Å²) in [5.74, 6) is 0.586. The predicted octanol–water partition coefficient (Wildman–Crippen LogP) is 7.67. The van der Waals surface area contributed by atoms with Crippen LogP contribution in [0.15, 0.2) is 107 Å². The molecule has 264 valence electrons. The quantitative estimate of drug-likeness (QED) is 0.103. The molecule has 14 heteroatoms. The van der Waals surface area contributed by atoms with Crippen LogP contribution in [0.4, 0.5) is 0 Å². The number of aromatic nitrogens is 6. The van der Waals surface area contributed by atoms with Crippen LogP contribution in [0.3, 0.4) is 0 Å². The second-order valence-corrected chi connectivity index (χ2v) is 17.1. The number of halogens is 2. The Morgan fingerprint density at radius 1 is 0.529 bits per heavy atom. The summed E-state index contributed by atoms with van der Waals surface area (Å²) in [6.45, 7) is 3.89. The number of benzene rings is 4. The molecular weight excluding hydrogens is 727 g/mol. The average molecular weight is 764 g/mol. The van der Waals surface area contributed by atoms with E-state index in [1.54, 1.807) is 57.7 Å². The lowest BCUT2D eigenvalue weighted by atomic mass is 10.1. The molecule has 0 spiro atoms. The second kappa shape index (κ2) is 15.5. The zero-order chi connectivity index (χ0) is 36.2. The average Bonchev–Trinajstić information content (AvgIpc) is 3.73. The maximum absolute atomic E-state index is 13.7. The molecule has 0 bridgehead atoms. The lowest BCUT2D eigenvalue weighted by Crippen LogP contribution is -2.14. The molecule has 0 atom stereocenters. The zero-order valence-corrected chi connectivity index (χ0v) is 31.2. The van der Waals surface area contributed by atoms with Crippen molar-refractivity contribution in [3.63, 3.8) is 0 Å². The normalized spacial score (nSPS) is 12.0. The number of rotatable bonds is 14. The molecule has 0 radical (unpaired) electrons. The van der Waals surface area contributed by atoms with Crippen molar-refractivity contribution in [2.75, 3.05) is 0 Å². The molecule has 0 saturated heterocycles. The van der Waals surface area contributed by atoms with Crippen molar-refractivity contribution in [3.05, 3.63) is 141 Å². The predicted molar refractivity (Wildman–Crippen MR) is 198 cm³/mol. The summed E-state index contributed by atoms with van der Waals surface area (Å²) >= 11 is 12.0. The maximum Gasteiger partial charge on any atom is 0.254 e. The molecule has 0 N–H and O–H groups in total. The molecule has 0 saturated carbocycles. The van der Waals surface area contributed by atoms with Gasteiger partial charge in [-0.25, -0.2) is 16.8 Å². The van der Waals surface area contributed by atoms with Gasteiger partial charge in [0.1, 0.15) is 11.6 Å². The van der Waals surface area contributed by atoms with E-state index in [1.807, 2.05) is 62.4 Å². The minimum absolute atomic E-state index is 0.114. The van der Waals surface area contributed by atoms with Crippen molar-refractivity contribution in [1.82, 2.24) is 29.5 Å². The van der Waals surface area contributed by atoms with E-state index in [-0.39, 0.29) is 21.8 Å². The van der Waals surface area contributed by atoms with Crippen molar-refractivity contribution in [3.8, 4) is 11.4 Å². The van der Waals surface area contributed by atoms with Crippen molar-refractivity contribution >= 4 is 42.9 Å². The summed E-state index contributed by atoms with van der Waals surface area (Å²) in [6, 6.07) is 28.5. The smallest absolute Gasteiger partial charge is 0.254 e. The van der Waals surface area contributed by atoms with Crippen LogP contribution in [-0.2, 0) is 44.0 Å². The van der Waals surface area contributed by atoms with Crippen LogP contribution in [0.25, 0.3) is 11.4 Å². The van der Waals surface area contributed by atoms with Crippen LogP contribution in [0.5, 0.6) is 0 Å². The Morgan fingerprint density at radius 3 is 1.29 bits per heavy atom. The Balaban J connectivity index is 1.20. The van der Waals surface area contributed by atoms with Gasteiger partial charge in [-0.15, -0.1) is 20.4 Å². The third-order valence-electron chi connectivity index (χ3n) is 8.32. The van der Waals surface area contributed by atoms with E-state index < -0.39 is 19.7 Å². The van der Waals surface area contributed by atoms with Crippen LogP contribution < -0.4 is 0 Å². The van der Waals surface area contributed by atoms with Gasteiger partial charge in [-0.05, 0) is 97.5 Å². The molecule has 2 heterocycles. The van der Waals surface area contributed by atoms with Gasteiger partial charge in [0.15, 0.2) is 0 Å². The van der Waals surface area contributed by atoms with Crippen LogP contribution in [0.1, 0.15) is 53.2 Å². The lowest BCUT2D eigenvalue weighted by Gasteiger charge is -2.13. The number of aryl methyl sites for hydroxylation is 4. The van der Waals surface area contributed by atoms with Gasteiger partial charge in [-0.1, -0.05) is 78.2 Å². The van der Waals surface area contributed by atoms with E-state index in [2.05, 4.69) is 20.4 Å². The number of hydrogen-bond donors (Lipinski definition) is 0. The zero-order valence-electron chi connectivity index (χ0n) is 28.1. The molecule has 2 aromatic heterocycles. The monoisotopic (exact) mass is 762 g/mol. The number of hydrogen-bond acceptors (Lipinski definition) is 8. The first-order valence-corrected chi connectivity index (χ1v) is 20.4. The highest BCUT2D eigenvalue weighted by Crippen LogP contribution is 2.26. The summed E-state index contributed by atoms with van der Waals surface area (Å²) in [4.78, 5) is 0. The van der Waals surface area contributed by atoms with Gasteiger partial charge in [-0.3, -0.25) is 9.13 Å². The van der Waals surface area contributed by atoms with Crippen LogP contribution in [0.2, 0.25) is 10.0 Å². The van der Waals surface area contributed by atoms with Gasteiger partial charge < -0.3 is 0 Å². The van der Waals surface area contributed by atoms with Crippen molar-refractivity contribution in [2.24, 2.45) is 0 Å². The van der Waals surface area contributed by atoms with Gasteiger partial charge in [-0.2, -0.15) is 0 Å². The fourth-order valence-electron chi connectivity index (χ4n) is 5.85. The summed E-state index contributed by atoms with van der Waals surface area (Å²) in [6.07, 6.45) is 3.05. The lowest BCUT2D eigenvalue weighted by molar-refractivity contribution is 0.580. The van der Waals surface area contributed by atoms with E-state index in [0.717, 1.165) is 17.5 Å². The van der Waals surface area contributed by atoms with E-state index in [0.29, 0.717) is 69.9 Å². The highest BCUT2D eigenvalue weighted by Gasteiger charge is 2.28. The van der Waals surface area contributed by atoms with Gasteiger partial charge >= 0.3 is 0 Å². The van der Waals surface area contributed by atoms with Crippen LogP contribution in [-0.4, -0.2) is 46.4 Å². The molecule has 0 fully saturated rings. The summed E-state index contributed by atoms with van der Waals surface area (Å²) in [7, 11) is -7.72. The van der Waals surface area contributed by atoms with Gasteiger partial charge in [0, 0.05) is 34.3 Å². The fourth-order valence-corrected chi connectivity index (χ4v) is 8.93. The van der Waals surface area contributed by atoms with Gasteiger partial charge in [0.25, 0.3) is 10.3 Å². The van der Waals surface area contributed by atoms with Gasteiger partial charge in [0.05, 0.1) is 11.5 Å². The minimum atomic E-state index is -3.86. The first-order chi connectivity index (χ1) is 24.4. The molecule has 0 aliphatic heterocycles. The molecular formula is C37H36Cl2N6O4S2. The van der Waals surface area contributed by atoms with E-state index in [4.69, 9.17) is 23.2 Å². The third-order valence-corrected chi connectivity index (χ3v) is 11.9.